The monoisotopic (exact) mass is 495 g/mol. The molecule has 3 aromatic carbocycles. The molecular weight excluding hydrogens is 466 g/mol. The van der Waals surface area contributed by atoms with Gasteiger partial charge in [0.05, 0.1) is 18.2 Å². The maximum Gasteiger partial charge on any atom is 0.409 e. The lowest BCUT2D eigenvalue weighted by Crippen LogP contribution is -2.57. The van der Waals surface area contributed by atoms with Gasteiger partial charge in [0.1, 0.15) is 5.84 Å². The van der Waals surface area contributed by atoms with Gasteiger partial charge in [-0.15, -0.1) is 0 Å². The normalized spacial score (nSPS) is 15.6. The van der Waals surface area contributed by atoms with Gasteiger partial charge in [0.25, 0.3) is 0 Å². The molecule has 10 heteroatoms. The fourth-order valence-electron chi connectivity index (χ4n) is 4.26. The molecule has 4 rings (SSSR count). The molecule has 1 saturated heterocycles. The minimum absolute atomic E-state index is 0.0492. The Bertz CT molecular complexity index is 1340. The number of carbonyl (C=O) groups is 1. The highest BCUT2D eigenvalue weighted by Gasteiger charge is 2.30. The van der Waals surface area contributed by atoms with Gasteiger partial charge in [-0.05, 0) is 34.5 Å². The van der Waals surface area contributed by atoms with Crippen molar-refractivity contribution in [2.75, 3.05) is 33.3 Å². The average Bonchev–Trinajstić information content (AvgIpc) is 2.87. The molecule has 0 unspecified atom stereocenters. The number of nitrogens with one attached hydrogen (secondary N) is 2. The maximum absolute atomic E-state index is 13.4. The van der Waals surface area contributed by atoms with E-state index in [4.69, 9.17) is 15.9 Å². The fraction of sp³-hybridized carbons (Fsp3) is 0.280. The lowest BCUT2D eigenvalue weighted by Gasteiger charge is -2.38. The predicted molar refractivity (Wildman–Crippen MR) is 135 cm³/mol. The van der Waals surface area contributed by atoms with E-state index in [0.717, 1.165) is 16.3 Å². The van der Waals surface area contributed by atoms with Crippen LogP contribution in [0.15, 0.2) is 71.6 Å². The smallest absolute Gasteiger partial charge is 0.409 e. The number of fused-ring (bicyclic) bond motifs is 1. The first-order valence-corrected chi connectivity index (χ1v) is 12.8. The van der Waals surface area contributed by atoms with Crippen LogP contribution >= 0.6 is 0 Å². The Morgan fingerprint density at radius 1 is 1.03 bits per heavy atom. The number of ether oxygens (including phenoxy) is 1. The molecule has 1 fully saturated rings. The summed E-state index contributed by atoms with van der Waals surface area (Å²) in [6.07, 6.45) is -0.591. The predicted octanol–water partition coefficient (Wildman–Crippen LogP) is 2.35. The van der Waals surface area contributed by atoms with Crippen LogP contribution < -0.4 is 10.5 Å². The van der Waals surface area contributed by atoms with E-state index in [1.54, 1.807) is 41.3 Å². The van der Waals surface area contributed by atoms with Gasteiger partial charge in [-0.2, -0.15) is 4.72 Å². The first-order chi connectivity index (χ1) is 16.8. The summed E-state index contributed by atoms with van der Waals surface area (Å²) in [4.78, 5) is 15.7. The molecule has 4 N–H and O–H groups in total. The lowest BCUT2D eigenvalue weighted by atomic mass is 10.1. The van der Waals surface area contributed by atoms with Gasteiger partial charge in [0.15, 0.2) is 0 Å². The molecular formula is C25H29N5O4S. The van der Waals surface area contributed by atoms with Crippen LogP contribution in [0.5, 0.6) is 0 Å². The van der Waals surface area contributed by atoms with Crippen molar-refractivity contribution in [3.63, 3.8) is 0 Å². The minimum atomic E-state index is -3.85. The zero-order valence-corrected chi connectivity index (χ0v) is 20.3. The SMILES string of the molecule is COC(=O)N1CCN([C@H](Cc2cccc(C(=N)N)c2)NS(=O)(=O)c2ccc3ccccc3c2)CC1. The Kier molecular flexibility index (Phi) is 7.34. The van der Waals surface area contributed by atoms with E-state index in [-0.39, 0.29) is 10.7 Å². The van der Waals surface area contributed by atoms with E-state index in [0.29, 0.717) is 38.2 Å². The third-order valence-electron chi connectivity index (χ3n) is 6.18. The van der Waals surface area contributed by atoms with E-state index in [2.05, 4.69) is 4.72 Å². The highest BCUT2D eigenvalue weighted by atomic mass is 32.2. The van der Waals surface area contributed by atoms with Crippen LogP contribution in [0, 0.1) is 5.41 Å². The molecule has 0 aliphatic carbocycles. The lowest BCUT2D eigenvalue weighted by molar-refractivity contribution is 0.0719. The van der Waals surface area contributed by atoms with Crippen LogP contribution in [0.1, 0.15) is 11.1 Å². The van der Waals surface area contributed by atoms with E-state index < -0.39 is 22.3 Å². The van der Waals surface area contributed by atoms with E-state index in [9.17, 15) is 13.2 Å². The topological polar surface area (TPSA) is 129 Å². The maximum atomic E-state index is 13.4. The number of nitrogen functional groups attached to an aromatic ring is 1. The van der Waals surface area contributed by atoms with Crippen LogP contribution in [0.4, 0.5) is 4.79 Å². The molecule has 0 saturated carbocycles. The summed E-state index contributed by atoms with van der Waals surface area (Å²) in [6.45, 7) is 1.81. The number of amidine groups is 1. The molecule has 35 heavy (non-hydrogen) atoms. The Morgan fingerprint density at radius 3 is 2.43 bits per heavy atom. The first-order valence-electron chi connectivity index (χ1n) is 11.3. The standard InChI is InChI=1S/C25H29N5O4S/c1-34-25(31)30-13-11-29(12-14-30)23(16-18-5-4-8-21(15-18)24(26)27)28-35(32,33)22-10-9-19-6-2-3-7-20(19)17-22/h2-10,15,17,23,28H,11-14,16H2,1H3,(H3,26,27)/t23-/m1/s1. The van der Waals surface area contributed by atoms with Crippen LogP contribution in [0.2, 0.25) is 0 Å². The van der Waals surface area contributed by atoms with Gasteiger partial charge in [-0.25, -0.2) is 13.2 Å². The number of nitrogens with two attached hydrogens (primary N) is 1. The summed E-state index contributed by atoms with van der Waals surface area (Å²) in [5.74, 6) is -0.0492. The highest BCUT2D eigenvalue weighted by Crippen LogP contribution is 2.21. The number of amides is 1. The third-order valence-corrected chi connectivity index (χ3v) is 7.63. The van der Waals surface area contributed by atoms with E-state index in [1.165, 1.54) is 7.11 Å². The van der Waals surface area contributed by atoms with Crippen LogP contribution in [0.3, 0.4) is 0 Å². The molecule has 1 aliphatic rings. The summed E-state index contributed by atoms with van der Waals surface area (Å²) in [6, 6.07) is 19.9. The Morgan fingerprint density at radius 2 is 1.74 bits per heavy atom. The summed E-state index contributed by atoms with van der Waals surface area (Å²) in [5.41, 5.74) is 7.07. The third kappa shape index (κ3) is 5.79. The number of rotatable bonds is 7. The van der Waals surface area contributed by atoms with Crippen molar-refractivity contribution in [1.29, 1.82) is 5.41 Å². The van der Waals surface area contributed by atoms with Crippen LogP contribution in [-0.4, -0.2) is 69.6 Å². The Hall–Kier alpha value is -3.47. The quantitative estimate of drug-likeness (QED) is 0.341. The largest absolute Gasteiger partial charge is 0.453 e. The van der Waals surface area contributed by atoms with Gasteiger partial charge in [0, 0.05) is 38.2 Å². The summed E-state index contributed by atoms with van der Waals surface area (Å²) < 4.78 is 34.6. The fourth-order valence-corrected chi connectivity index (χ4v) is 5.52. The van der Waals surface area contributed by atoms with Crippen molar-refractivity contribution < 1.29 is 17.9 Å². The van der Waals surface area contributed by atoms with Crippen molar-refractivity contribution >= 4 is 32.7 Å². The zero-order chi connectivity index (χ0) is 25.0. The average molecular weight is 496 g/mol. The molecule has 1 atom stereocenters. The number of hydrogen-bond acceptors (Lipinski definition) is 6. The van der Waals surface area contributed by atoms with Crippen molar-refractivity contribution in [3.8, 4) is 0 Å². The van der Waals surface area contributed by atoms with Gasteiger partial charge >= 0.3 is 6.09 Å². The number of carbonyl (C=O) groups excluding carboxylic acids is 1. The molecule has 9 nitrogen and oxygen atoms in total. The first kappa shape index (κ1) is 24.6. The Balaban J connectivity index is 1.60. The summed E-state index contributed by atoms with van der Waals surface area (Å²) >= 11 is 0. The van der Waals surface area contributed by atoms with E-state index in [1.807, 2.05) is 35.2 Å². The minimum Gasteiger partial charge on any atom is -0.453 e. The molecule has 3 aromatic rings. The molecule has 1 amide bonds. The molecule has 184 valence electrons. The number of benzene rings is 3. The molecule has 0 radical (unpaired) electrons. The van der Waals surface area contributed by atoms with Crippen molar-refractivity contribution in [1.82, 2.24) is 14.5 Å². The number of piperazine rings is 1. The summed E-state index contributed by atoms with van der Waals surface area (Å²) in [7, 11) is -2.50. The molecule has 1 heterocycles. The van der Waals surface area contributed by atoms with Crippen LogP contribution in [0.25, 0.3) is 10.8 Å². The number of nitrogens with zero attached hydrogens (tertiary/aromatic N) is 2. The molecule has 1 aliphatic heterocycles. The second-order valence-electron chi connectivity index (χ2n) is 8.46. The Labute approximate surface area is 205 Å². The molecule has 0 aromatic heterocycles. The van der Waals surface area contributed by atoms with Crippen molar-refractivity contribution in [2.45, 2.75) is 17.5 Å². The van der Waals surface area contributed by atoms with Gasteiger partial charge in [0.2, 0.25) is 10.0 Å². The van der Waals surface area contributed by atoms with E-state index >= 15 is 0 Å². The van der Waals surface area contributed by atoms with Crippen LogP contribution in [-0.2, 0) is 21.2 Å². The second-order valence-corrected chi connectivity index (χ2v) is 10.2. The van der Waals surface area contributed by atoms with Crippen molar-refractivity contribution in [2.24, 2.45) is 5.73 Å². The van der Waals surface area contributed by atoms with Gasteiger partial charge < -0.3 is 15.4 Å². The van der Waals surface area contributed by atoms with Gasteiger partial charge in [-0.1, -0.05) is 48.5 Å². The highest BCUT2D eigenvalue weighted by molar-refractivity contribution is 7.89. The van der Waals surface area contributed by atoms with Crippen molar-refractivity contribution in [3.05, 3.63) is 77.9 Å². The number of sulfonamides is 1. The molecule has 0 spiro atoms. The van der Waals surface area contributed by atoms with Gasteiger partial charge in [-0.3, -0.25) is 10.3 Å². The summed E-state index contributed by atoms with van der Waals surface area (Å²) in [5, 5.41) is 9.52. The number of methoxy groups -OCH3 is 1. The molecule has 0 bridgehead atoms. The number of hydrogen-bond donors (Lipinski definition) is 3. The second kappa shape index (κ2) is 10.4. The zero-order valence-electron chi connectivity index (χ0n) is 19.5.